The average molecular weight is 338 g/mol. The third-order valence-corrected chi connectivity index (χ3v) is 4.66. The minimum absolute atomic E-state index is 0.561. The predicted molar refractivity (Wildman–Crippen MR) is 95.5 cm³/mol. The second kappa shape index (κ2) is 10.5. The van der Waals surface area contributed by atoms with Crippen LogP contribution in [-0.2, 0) is 11.2 Å². The number of hydrogen-bond donors (Lipinski definition) is 2. The number of hydrogen-bond acceptors (Lipinski definition) is 3. The molecule has 2 rings (SSSR count). The van der Waals surface area contributed by atoms with E-state index in [2.05, 4.69) is 26.1 Å². The molecule has 0 amide bonds. The summed E-state index contributed by atoms with van der Waals surface area (Å²) in [5.41, 5.74) is 1.29. The molecule has 0 unspecified atom stereocenters. The molecule has 136 valence electrons. The van der Waals surface area contributed by atoms with Gasteiger partial charge in [-0.2, -0.15) is 0 Å². The van der Waals surface area contributed by atoms with E-state index in [0.717, 1.165) is 37.5 Å². The minimum Gasteiger partial charge on any atom is -0.493 e. The fourth-order valence-corrected chi connectivity index (χ4v) is 3.08. The minimum atomic E-state index is 0.561. The molecule has 0 bridgehead atoms. The number of piperazine rings is 1. The molecule has 2 N–H and O–H groups in total. The molecule has 0 aromatic heterocycles. The van der Waals surface area contributed by atoms with Gasteiger partial charge >= 0.3 is 0 Å². The number of rotatable bonds is 10. The van der Waals surface area contributed by atoms with Crippen molar-refractivity contribution < 1.29 is 24.0 Å². The number of methoxy groups -OCH3 is 1. The Bertz CT molecular complexity index is 474. The summed E-state index contributed by atoms with van der Waals surface area (Å²) in [6, 6.07) is 6.18. The predicted octanol–water partition coefficient (Wildman–Crippen LogP) is -0.544. The maximum Gasteiger partial charge on any atom is 0.161 e. The van der Waals surface area contributed by atoms with Crippen molar-refractivity contribution in [1.82, 2.24) is 0 Å². The number of nitrogens with one attached hydrogen (secondary N) is 2. The molecule has 5 nitrogen and oxygen atoms in total. The van der Waals surface area contributed by atoms with Crippen LogP contribution in [0.25, 0.3) is 0 Å². The van der Waals surface area contributed by atoms with Crippen molar-refractivity contribution in [2.45, 2.75) is 19.8 Å². The van der Waals surface area contributed by atoms with Crippen LogP contribution >= 0.6 is 0 Å². The molecule has 0 spiro atoms. The van der Waals surface area contributed by atoms with Gasteiger partial charge in [-0.1, -0.05) is 19.4 Å². The van der Waals surface area contributed by atoms with Crippen LogP contribution < -0.4 is 19.3 Å². The molecule has 1 heterocycles. The monoisotopic (exact) mass is 338 g/mol. The average Bonchev–Trinajstić information content (AvgIpc) is 2.60. The fourth-order valence-electron chi connectivity index (χ4n) is 3.08. The number of likely N-dealkylation sites (N-methyl/N-ethyl adjacent to an activating group) is 1. The van der Waals surface area contributed by atoms with Gasteiger partial charge in [-0.3, -0.25) is 0 Å². The largest absolute Gasteiger partial charge is 0.493 e. The molecule has 1 aliphatic rings. The van der Waals surface area contributed by atoms with Crippen molar-refractivity contribution in [2.24, 2.45) is 0 Å². The zero-order valence-corrected chi connectivity index (χ0v) is 15.5. The highest BCUT2D eigenvalue weighted by molar-refractivity contribution is 5.43. The van der Waals surface area contributed by atoms with Crippen LogP contribution in [0.1, 0.15) is 18.9 Å². The lowest BCUT2D eigenvalue weighted by Gasteiger charge is -2.27. The SMILES string of the molecule is CCCc1ccc(OCCOCC[NH+]2CC[NH+](C)CC2)c(OC)c1. The highest BCUT2D eigenvalue weighted by atomic mass is 16.5. The molecule has 0 aliphatic carbocycles. The Hall–Kier alpha value is -1.30. The van der Waals surface area contributed by atoms with Gasteiger partial charge in [-0.15, -0.1) is 0 Å². The van der Waals surface area contributed by atoms with E-state index < -0.39 is 0 Å². The smallest absolute Gasteiger partial charge is 0.161 e. The van der Waals surface area contributed by atoms with E-state index in [1.165, 1.54) is 31.7 Å². The standard InChI is InChI=1S/C19H32N2O3/c1-4-5-17-6-7-18(19(16-17)22-3)24-15-14-23-13-12-21-10-8-20(2)9-11-21/h6-7,16H,4-5,8-15H2,1-3H3/p+2. The third-order valence-electron chi connectivity index (χ3n) is 4.66. The van der Waals surface area contributed by atoms with Gasteiger partial charge in [-0.25, -0.2) is 0 Å². The zero-order chi connectivity index (χ0) is 17.2. The van der Waals surface area contributed by atoms with Crippen LogP contribution in [-0.4, -0.2) is 66.7 Å². The van der Waals surface area contributed by atoms with Crippen LogP contribution in [0.2, 0.25) is 0 Å². The molecule has 1 aromatic carbocycles. The van der Waals surface area contributed by atoms with Crippen LogP contribution in [0.4, 0.5) is 0 Å². The Balaban J connectivity index is 1.61. The van der Waals surface area contributed by atoms with E-state index in [1.54, 1.807) is 16.9 Å². The number of aryl methyl sites for hydroxylation is 1. The summed E-state index contributed by atoms with van der Waals surface area (Å²) in [4.78, 5) is 3.31. The van der Waals surface area contributed by atoms with Gasteiger partial charge in [0.1, 0.15) is 39.3 Å². The van der Waals surface area contributed by atoms with E-state index in [-0.39, 0.29) is 0 Å². The normalized spacial score (nSPS) is 20.8. The zero-order valence-electron chi connectivity index (χ0n) is 15.5. The summed E-state index contributed by atoms with van der Waals surface area (Å²) in [5, 5.41) is 0. The Morgan fingerprint density at radius 2 is 1.79 bits per heavy atom. The quantitative estimate of drug-likeness (QED) is 0.563. The molecule has 1 aromatic rings. The highest BCUT2D eigenvalue weighted by Crippen LogP contribution is 2.28. The Morgan fingerprint density at radius 1 is 1.00 bits per heavy atom. The van der Waals surface area contributed by atoms with Crippen LogP contribution in [0.15, 0.2) is 18.2 Å². The molecule has 0 radical (unpaired) electrons. The van der Waals surface area contributed by atoms with E-state index in [4.69, 9.17) is 14.2 Å². The van der Waals surface area contributed by atoms with Crippen LogP contribution in [0.5, 0.6) is 11.5 Å². The first kappa shape index (κ1) is 19.0. The lowest BCUT2D eigenvalue weighted by Crippen LogP contribution is -3.27. The number of quaternary nitrogens is 2. The summed E-state index contributed by atoms with van der Waals surface area (Å²) in [6.45, 7) is 10.3. The summed E-state index contributed by atoms with van der Waals surface area (Å²) in [5.74, 6) is 1.61. The lowest BCUT2D eigenvalue weighted by atomic mass is 10.1. The van der Waals surface area contributed by atoms with Gasteiger partial charge in [-0.05, 0) is 24.1 Å². The van der Waals surface area contributed by atoms with Crippen molar-refractivity contribution in [2.75, 3.05) is 66.7 Å². The van der Waals surface area contributed by atoms with Gasteiger partial charge in [0, 0.05) is 0 Å². The number of benzene rings is 1. The summed E-state index contributed by atoms with van der Waals surface area (Å²) in [7, 11) is 3.96. The van der Waals surface area contributed by atoms with Crippen molar-refractivity contribution in [1.29, 1.82) is 0 Å². The van der Waals surface area contributed by atoms with Gasteiger partial charge in [0.15, 0.2) is 11.5 Å². The van der Waals surface area contributed by atoms with E-state index >= 15 is 0 Å². The molecule has 5 heteroatoms. The molecular weight excluding hydrogens is 304 g/mol. The molecule has 0 atom stereocenters. The molecular formula is C19H34N2O3+2. The summed E-state index contributed by atoms with van der Waals surface area (Å²) in [6.07, 6.45) is 2.20. The molecule has 0 saturated carbocycles. The van der Waals surface area contributed by atoms with E-state index in [9.17, 15) is 0 Å². The number of ether oxygens (including phenoxy) is 3. The molecule has 1 fully saturated rings. The first-order valence-corrected chi connectivity index (χ1v) is 9.25. The summed E-state index contributed by atoms with van der Waals surface area (Å²) < 4.78 is 17.0. The fraction of sp³-hybridized carbons (Fsp3) is 0.684. The summed E-state index contributed by atoms with van der Waals surface area (Å²) >= 11 is 0. The molecule has 1 saturated heterocycles. The molecule has 1 aliphatic heterocycles. The van der Waals surface area contributed by atoms with Crippen molar-refractivity contribution in [3.63, 3.8) is 0 Å². The Labute approximate surface area is 146 Å². The van der Waals surface area contributed by atoms with Crippen LogP contribution in [0.3, 0.4) is 0 Å². The highest BCUT2D eigenvalue weighted by Gasteiger charge is 2.19. The van der Waals surface area contributed by atoms with Gasteiger partial charge < -0.3 is 24.0 Å². The Morgan fingerprint density at radius 3 is 2.50 bits per heavy atom. The van der Waals surface area contributed by atoms with Crippen molar-refractivity contribution in [3.05, 3.63) is 23.8 Å². The maximum atomic E-state index is 5.81. The Kier molecular flexibility index (Phi) is 8.36. The topological polar surface area (TPSA) is 36.6 Å². The second-order valence-electron chi connectivity index (χ2n) is 6.65. The lowest BCUT2D eigenvalue weighted by molar-refractivity contribution is -1.00. The maximum absolute atomic E-state index is 5.81. The first-order valence-electron chi connectivity index (χ1n) is 9.25. The molecule has 24 heavy (non-hydrogen) atoms. The second-order valence-corrected chi connectivity index (χ2v) is 6.65. The van der Waals surface area contributed by atoms with Crippen LogP contribution in [0, 0.1) is 0 Å². The van der Waals surface area contributed by atoms with E-state index in [0.29, 0.717) is 13.2 Å². The van der Waals surface area contributed by atoms with Gasteiger partial charge in [0.2, 0.25) is 0 Å². The third kappa shape index (κ3) is 6.30. The van der Waals surface area contributed by atoms with Crippen molar-refractivity contribution >= 4 is 0 Å². The van der Waals surface area contributed by atoms with Gasteiger partial charge in [0.05, 0.1) is 27.4 Å². The van der Waals surface area contributed by atoms with Crippen molar-refractivity contribution in [3.8, 4) is 11.5 Å². The first-order chi connectivity index (χ1) is 11.7. The van der Waals surface area contributed by atoms with E-state index in [1.807, 2.05) is 6.07 Å². The van der Waals surface area contributed by atoms with Gasteiger partial charge in [0.25, 0.3) is 0 Å².